The number of nitrogens with zero attached hydrogens (tertiary/aromatic N) is 4. The maximum atomic E-state index is 12.5. The number of carbonyl (C=O) groups is 1. The molecule has 3 rings (SSSR count). The summed E-state index contributed by atoms with van der Waals surface area (Å²) in [5.74, 6) is 0.236. The lowest BCUT2D eigenvalue weighted by atomic mass is 10.0. The highest BCUT2D eigenvalue weighted by Gasteiger charge is 2.16. The average Bonchev–Trinajstić information content (AvgIpc) is 3.16. The molecule has 0 bridgehead atoms. The lowest BCUT2D eigenvalue weighted by Gasteiger charge is -2.18. The van der Waals surface area contributed by atoms with Crippen molar-refractivity contribution in [3.8, 4) is 5.69 Å². The van der Waals surface area contributed by atoms with Crippen LogP contribution < -0.4 is 5.32 Å². The third-order valence-electron chi connectivity index (χ3n) is 4.17. The van der Waals surface area contributed by atoms with Crippen molar-refractivity contribution in [2.24, 2.45) is 0 Å². The van der Waals surface area contributed by atoms with E-state index in [0.717, 1.165) is 24.1 Å². The molecule has 1 heterocycles. The first-order chi connectivity index (χ1) is 13.2. The second-order valence-corrected chi connectivity index (χ2v) is 7.26. The van der Waals surface area contributed by atoms with Gasteiger partial charge >= 0.3 is 0 Å². The molecule has 0 aliphatic carbocycles. The number of hydrogen-bond donors (Lipinski definition) is 1. The number of aromatic nitrogens is 4. The maximum Gasteiger partial charge on any atom is 0.230 e. The van der Waals surface area contributed by atoms with E-state index in [9.17, 15) is 4.79 Å². The second kappa shape index (κ2) is 9.32. The Morgan fingerprint density at radius 2 is 1.89 bits per heavy atom. The lowest BCUT2D eigenvalue weighted by Crippen LogP contribution is -2.30. The number of amides is 1. The van der Waals surface area contributed by atoms with Crippen molar-refractivity contribution < 1.29 is 4.79 Å². The van der Waals surface area contributed by atoms with Crippen molar-refractivity contribution in [3.05, 3.63) is 65.7 Å². The number of nitrogens with one attached hydrogen (secondary N) is 1. The molecule has 0 aliphatic rings. The molecule has 0 aliphatic heterocycles. The van der Waals surface area contributed by atoms with E-state index < -0.39 is 0 Å². The Hall–Kier alpha value is -2.67. The predicted molar refractivity (Wildman–Crippen MR) is 107 cm³/mol. The molecule has 0 fully saturated rings. The summed E-state index contributed by atoms with van der Waals surface area (Å²) in [6, 6.07) is 18.0. The number of hydrogen-bond acceptors (Lipinski definition) is 5. The van der Waals surface area contributed by atoms with Gasteiger partial charge in [0.15, 0.2) is 0 Å². The third kappa shape index (κ3) is 5.17. The molecule has 1 aromatic heterocycles. The fourth-order valence-electron chi connectivity index (χ4n) is 2.78. The highest BCUT2D eigenvalue weighted by atomic mass is 32.2. The van der Waals surface area contributed by atoms with Gasteiger partial charge in [-0.3, -0.25) is 4.79 Å². The van der Waals surface area contributed by atoms with Crippen LogP contribution in [0.2, 0.25) is 0 Å². The van der Waals surface area contributed by atoms with Crippen LogP contribution in [0.1, 0.15) is 36.9 Å². The van der Waals surface area contributed by atoms with Gasteiger partial charge in [-0.05, 0) is 41.5 Å². The summed E-state index contributed by atoms with van der Waals surface area (Å²) in [5, 5.41) is 15.6. The number of aryl methyl sites for hydroxylation is 1. The summed E-state index contributed by atoms with van der Waals surface area (Å²) in [6.07, 6.45) is 1.90. The maximum absolute atomic E-state index is 12.5. The summed E-state index contributed by atoms with van der Waals surface area (Å²) in [7, 11) is 0. The summed E-state index contributed by atoms with van der Waals surface area (Å²) in [4.78, 5) is 12.5. The molecular formula is C20H23N5OS. The zero-order valence-corrected chi connectivity index (χ0v) is 16.3. The highest BCUT2D eigenvalue weighted by Crippen LogP contribution is 2.21. The zero-order valence-electron chi connectivity index (χ0n) is 15.5. The molecule has 6 nitrogen and oxygen atoms in total. The Kier molecular flexibility index (Phi) is 6.59. The van der Waals surface area contributed by atoms with E-state index in [1.54, 1.807) is 4.68 Å². The SMILES string of the molecule is CCCC(NC(=O)CSc1nnnn1-c1ccc(C)cc1)c1ccccc1. The van der Waals surface area contributed by atoms with Crippen molar-refractivity contribution in [1.82, 2.24) is 25.5 Å². The van der Waals surface area contributed by atoms with E-state index in [1.807, 2.05) is 61.5 Å². The van der Waals surface area contributed by atoms with Crippen LogP contribution in [-0.2, 0) is 4.79 Å². The van der Waals surface area contributed by atoms with Gasteiger partial charge in [0.05, 0.1) is 17.5 Å². The average molecular weight is 382 g/mol. The molecule has 0 saturated heterocycles. The van der Waals surface area contributed by atoms with E-state index in [-0.39, 0.29) is 17.7 Å². The molecule has 0 saturated carbocycles. The highest BCUT2D eigenvalue weighted by molar-refractivity contribution is 7.99. The van der Waals surface area contributed by atoms with Gasteiger partial charge in [-0.1, -0.05) is 73.1 Å². The molecule has 1 unspecified atom stereocenters. The van der Waals surface area contributed by atoms with Gasteiger partial charge in [0.1, 0.15) is 0 Å². The summed E-state index contributed by atoms with van der Waals surface area (Å²) in [6.45, 7) is 4.15. The normalized spacial score (nSPS) is 11.9. The molecule has 140 valence electrons. The summed E-state index contributed by atoms with van der Waals surface area (Å²) >= 11 is 1.33. The second-order valence-electron chi connectivity index (χ2n) is 6.32. The number of benzene rings is 2. The first-order valence-electron chi connectivity index (χ1n) is 9.00. The van der Waals surface area contributed by atoms with Crippen LogP contribution in [0.25, 0.3) is 5.69 Å². The Morgan fingerprint density at radius 1 is 1.15 bits per heavy atom. The van der Waals surface area contributed by atoms with E-state index in [2.05, 4.69) is 27.8 Å². The Morgan fingerprint density at radius 3 is 2.59 bits per heavy atom. The Bertz CT molecular complexity index is 864. The fourth-order valence-corrected chi connectivity index (χ4v) is 3.48. The minimum absolute atomic E-state index is 0.0254. The lowest BCUT2D eigenvalue weighted by molar-refractivity contribution is -0.119. The topological polar surface area (TPSA) is 72.7 Å². The minimum Gasteiger partial charge on any atom is -0.349 e. The standard InChI is InChI=1S/C20H23N5OS/c1-3-7-18(16-8-5-4-6-9-16)21-19(26)14-27-20-22-23-24-25(20)17-12-10-15(2)11-13-17/h4-6,8-13,18H,3,7,14H2,1-2H3,(H,21,26). The number of thioether (sulfide) groups is 1. The van der Waals surface area contributed by atoms with Crippen LogP contribution >= 0.6 is 11.8 Å². The minimum atomic E-state index is -0.0271. The van der Waals surface area contributed by atoms with E-state index in [0.29, 0.717) is 5.16 Å². The molecule has 0 spiro atoms. The van der Waals surface area contributed by atoms with Crippen LogP contribution in [0.3, 0.4) is 0 Å². The van der Waals surface area contributed by atoms with Gasteiger partial charge in [-0.25, -0.2) is 0 Å². The summed E-state index contributed by atoms with van der Waals surface area (Å²) < 4.78 is 1.65. The summed E-state index contributed by atoms with van der Waals surface area (Å²) in [5.41, 5.74) is 3.17. The quantitative estimate of drug-likeness (QED) is 0.602. The fraction of sp³-hybridized carbons (Fsp3) is 0.300. The van der Waals surface area contributed by atoms with Gasteiger partial charge in [0.2, 0.25) is 11.1 Å². The van der Waals surface area contributed by atoms with Gasteiger partial charge in [0, 0.05) is 0 Å². The molecule has 1 atom stereocenters. The third-order valence-corrected chi connectivity index (χ3v) is 5.09. The molecule has 3 aromatic rings. The van der Waals surface area contributed by atoms with Gasteiger partial charge in [0.25, 0.3) is 0 Å². The first-order valence-corrected chi connectivity index (χ1v) is 9.98. The number of carbonyl (C=O) groups excluding carboxylic acids is 1. The largest absolute Gasteiger partial charge is 0.349 e. The van der Waals surface area contributed by atoms with Crippen molar-refractivity contribution in [1.29, 1.82) is 0 Å². The van der Waals surface area contributed by atoms with Crippen LogP contribution in [0, 0.1) is 6.92 Å². The molecule has 0 radical (unpaired) electrons. The smallest absolute Gasteiger partial charge is 0.230 e. The zero-order chi connectivity index (χ0) is 19.1. The number of tetrazole rings is 1. The Balaban J connectivity index is 1.62. The van der Waals surface area contributed by atoms with E-state index in [4.69, 9.17) is 0 Å². The van der Waals surface area contributed by atoms with Crippen LogP contribution in [0.4, 0.5) is 0 Å². The van der Waals surface area contributed by atoms with Gasteiger partial charge in [-0.15, -0.1) is 5.10 Å². The molecule has 27 heavy (non-hydrogen) atoms. The molecular weight excluding hydrogens is 358 g/mol. The molecule has 7 heteroatoms. The van der Waals surface area contributed by atoms with Gasteiger partial charge in [-0.2, -0.15) is 4.68 Å². The van der Waals surface area contributed by atoms with Gasteiger partial charge < -0.3 is 5.32 Å². The molecule has 1 amide bonds. The van der Waals surface area contributed by atoms with Crippen LogP contribution in [0.15, 0.2) is 59.8 Å². The number of rotatable bonds is 8. The first kappa shape index (κ1) is 19.1. The van der Waals surface area contributed by atoms with E-state index in [1.165, 1.54) is 17.3 Å². The monoisotopic (exact) mass is 381 g/mol. The van der Waals surface area contributed by atoms with E-state index >= 15 is 0 Å². The Labute approximate surface area is 163 Å². The van der Waals surface area contributed by atoms with Crippen molar-refractivity contribution in [3.63, 3.8) is 0 Å². The predicted octanol–water partition coefficient (Wildman–Crippen LogP) is 3.72. The van der Waals surface area contributed by atoms with Crippen LogP contribution in [0.5, 0.6) is 0 Å². The van der Waals surface area contributed by atoms with Crippen molar-refractivity contribution in [2.45, 2.75) is 37.9 Å². The molecule has 2 aromatic carbocycles. The van der Waals surface area contributed by atoms with Crippen LogP contribution in [-0.4, -0.2) is 31.9 Å². The van der Waals surface area contributed by atoms with Crippen molar-refractivity contribution >= 4 is 17.7 Å². The molecule has 1 N–H and O–H groups in total. The van der Waals surface area contributed by atoms with Crippen molar-refractivity contribution in [2.75, 3.05) is 5.75 Å².